The van der Waals surface area contributed by atoms with E-state index in [9.17, 15) is 0 Å². The van der Waals surface area contributed by atoms with Crippen molar-refractivity contribution >= 4 is 17.6 Å². The van der Waals surface area contributed by atoms with Gasteiger partial charge in [0, 0.05) is 30.7 Å². The molecule has 1 saturated carbocycles. The fraction of sp³-hybridized carbons (Fsp3) is 0.588. The lowest BCUT2D eigenvalue weighted by atomic mass is 10.2. The minimum atomic E-state index is 0.592. The molecule has 0 aliphatic heterocycles. The Labute approximate surface area is 138 Å². The van der Waals surface area contributed by atoms with Crippen LogP contribution in [-0.2, 0) is 6.54 Å². The molecule has 0 bridgehead atoms. The van der Waals surface area contributed by atoms with Crippen molar-refractivity contribution in [2.45, 2.75) is 39.3 Å². The van der Waals surface area contributed by atoms with Gasteiger partial charge in [0.15, 0.2) is 5.96 Å². The van der Waals surface area contributed by atoms with E-state index in [0.717, 1.165) is 48.8 Å². The third kappa shape index (κ3) is 5.50. The molecule has 1 aromatic rings. The summed E-state index contributed by atoms with van der Waals surface area (Å²) < 4.78 is 0. The number of halogens is 1. The topological polar surface area (TPSA) is 39.7 Å². The molecule has 0 heterocycles. The summed E-state index contributed by atoms with van der Waals surface area (Å²) in [6.45, 7) is 8.86. The Hall–Kier alpha value is -1.26. The van der Waals surface area contributed by atoms with Gasteiger partial charge in [0.05, 0.1) is 6.54 Å². The Morgan fingerprint density at radius 1 is 1.27 bits per heavy atom. The summed E-state index contributed by atoms with van der Waals surface area (Å²) in [5, 5.41) is 7.47. The maximum Gasteiger partial charge on any atom is 0.191 e. The van der Waals surface area contributed by atoms with Crippen LogP contribution in [0.2, 0.25) is 5.02 Å². The smallest absolute Gasteiger partial charge is 0.191 e. The summed E-state index contributed by atoms with van der Waals surface area (Å²) in [5.74, 6) is 0.856. The Morgan fingerprint density at radius 3 is 2.68 bits per heavy atom. The molecule has 0 saturated heterocycles. The summed E-state index contributed by atoms with van der Waals surface area (Å²) >= 11 is 6.17. The zero-order chi connectivity index (χ0) is 15.8. The minimum Gasteiger partial charge on any atom is -0.357 e. The second-order valence-corrected chi connectivity index (χ2v) is 5.98. The molecular weight excluding hydrogens is 296 g/mol. The molecule has 1 aromatic carbocycles. The fourth-order valence-electron chi connectivity index (χ4n) is 2.49. The molecule has 1 aliphatic carbocycles. The molecule has 0 atom stereocenters. The van der Waals surface area contributed by atoms with Gasteiger partial charge in [-0.05, 0) is 37.9 Å². The van der Waals surface area contributed by atoms with Crippen LogP contribution in [0.25, 0.3) is 0 Å². The van der Waals surface area contributed by atoms with Gasteiger partial charge < -0.3 is 10.6 Å². The van der Waals surface area contributed by atoms with Gasteiger partial charge in [-0.25, -0.2) is 4.99 Å². The molecule has 0 radical (unpaired) electrons. The van der Waals surface area contributed by atoms with E-state index in [1.54, 1.807) is 0 Å². The van der Waals surface area contributed by atoms with Crippen LogP contribution in [0, 0.1) is 0 Å². The van der Waals surface area contributed by atoms with Crippen molar-refractivity contribution in [2.75, 3.05) is 26.2 Å². The zero-order valence-corrected chi connectivity index (χ0v) is 14.4. The number of rotatable bonds is 8. The summed E-state index contributed by atoms with van der Waals surface area (Å²) in [4.78, 5) is 7.15. The molecule has 0 unspecified atom stereocenters. The number of likely N-dealkylation sites (N-methyl/N-ethyl adjacent to an activating group) is 1. The molecule has 0 spiro atoms. The van der Waals surface area contributed by atoms with Crippen LogP contribution in [-0.4, -0.2) is 43.1 Å². The van der Waals surface area contributed by atoms with E-state index in [1.165, 1.54) is 12.8 Å². The molecule has 0 aromatic heterocycles. The second kappa shape index (κ2) is 9.01. The maximum atomic E-state index is 6.17. The Kier molecular flexibility index (Phi) is 7.00. The van der Waals surface area contributed by atoms with Gasteiger partial charge in [0.2, 0.25) is 0 Å². The third-order valence-electron chi connectivity index (χ3n) is 3.87. The van der Waals surface area contributed by atoms with Crippen molar-refractivity contribution < 1.29 is 0 Å². The predicted octanol–water partition coefficient (Wildman–Crippen LogP) is 2.88. The maximum absolute atomic E-state index is 6.17. The van der Waals surface area contributed by atoms with Crippen LogP contribution >= 0.6 is 11.6 Å². The molecule has 122 valence electrons. The zero-order valence-electron chi connectivity index (χ0n) is 13.6. The van der Waals surface area contributed by atoms with Crippen molar-refractivity contribution in [3.63, 3.8) is 0 Å². The highest BCUT2D eigenvalue weighted by atomic mass is 35.5. The monoisotopic (exact) mass is 322 g/mol. The quantitative estimate of drug-likeness (QED) is 0.571. The Bertz CT molecular complexity index is 485. The Morgan fingerprint density at radius 2 is 2.05 bits per heavy atom. The van der Waals surface area contributed by atoms with Crippen LogP contribution in [0.15, 0.2) is 29.3 Å². The molecular formula is C17H27ClN4. The summed E-state index contributed by atoms with van der Waals surface area (Å²) in [7, 11) is 0. The van der Waals surface area contributed by atoms with Crippen LogP contribution in [0.3, 0.4) is 0 Å². The fourth-order valence-corrected chi connectivity index (χ4v) is 2.68. The molecule has 2 N–H and O–H groups in total. The number of hydrogen-bond donors (Lipinski definition) is 2. The van der Waals surface area contributed by atoms with Gasteiger partial charge in [0.1, 0.15) is 0 Å². The highest BCUT2D eigenvalue weighted by Gasteiger charge is 2.27. The standard InChI is InChI=1S/C17H27ClN4/c1-3-19-17(20-11-12-22(4-2)15-9-10-15)21-13-14-7-5-6-8-16(14)18/h5-8,15H,3-4,9-13H2,1-2H3,(H2,19,20,21). The largest absolute Gasteiger partial charge is 0.357 e. The van der Waals surface area contributed by atoms with Crippen LogP contribution in [0.5, 0.6) is 0 Å². The molecule has 4 nitrogen and oxygen atoms in total. The second-order valence-electron chi connectivity index (χ2n) is 5.57. The van der Waals surface area contributed by atoms with Crippen LogP contribution < -0.4 is 10.6 Å². The Balaban J connectivity index is 1.83. The van der Waals surface area contributed by atoms with Gasteiger partial charge in [0.25, 0.3) is 0 Å². The molecule has 22 heavy (non-hydrogen) atoms. The van der Waals surface area contributed by atoms with Gasteiger partial charge >= 0.3 is 0 Å². The molecule has 0 amide bonds. The average molecular weight is 323 g/mol. The van der Waals surface area contributed by atoms with E-state index < -0.39 is 0 Å². The number of aliphatic imine (C=N–C) groups is 1. The van der Waals surface area contributed by atoms with Crippen molar-refractivity contribution in [3.05, 3.63) is 34.9 Å². The molecule has 1 fully saturated rings. The number of benzene rings is 1. The molecule has 1 aliphatic rings. The van der Waals surface area contributed by atoms with Crippen molar-refractivity contribution in [1.29, 1.82) is 0 Å². The van der Waals surface area contributed by atoms with E-state index in [4.69, 9.17) is 11.6 Å². The number of hydrogen-bond acceptors (Lipinski definition) is 2. The number of guanidine groups is 1. The number of nitrogens with zero attached hydrogens (tertiary/aromatic N) is 2. The van der Waals surface area contributed by atoms with E-state index >= 15 is 0 Å². The first kappa shape index (κ1) is 17.1. The van der Waals surface area contributed by atoms with Gasteiger partial charge in [-0.15, -0.1) is 0 Å². The lowest BCUT2D eigenvalue weighted by Gasteiger charge is -2.20. The SMILES string of the molecule is CCNC(=NCc1ccccc1Cl)NCCN(CC)C1CC1. The van der Waals surface area contributed by atoms with Gasteiger partial charge in [-0.2, -0.15) is 0 Å². The normalized spacial score (nSPS) is 15.2. The van der Waals surface area contributed by atoms with Crippen LogP contribution in [0.1, 0.15) is 32.3 Å². The predicted molar refractivity (Wildman–Crippen MR) is 94.5 cm³/mol. The lowest BCUT2D eigenvalue weighted by Crippen LogP contribution is -2.42. The minimum absolute atomic E-state index is 0.592. The summed E-state index contributed by atoms with van der Waals surface area (Å²) in [5.41, 5.74) is 1.05. The van der Waals surface area contributed by atoms with Crippen molar-refractivity contribution in [3.8, 4) is 0 Å². The first-order valence-corrected chi connectivity index (χ1v) is 8.62. The van der Waals surface area contributed by atoms with E-state index in [2.05, 4.69) is 34.4 Å². The van der Waals surface area contributed by atoms with Crippen molar-refractivity contribution in [1.82, 2.24) is 15.5 Å². The summed E-state index contributed by atoms with van der Waals surface area (Å²) in [6.07, 6.45) is 2.71. The average Bonchev–Trinajstić information content (AvgIpc) is 3.35. The molecule has 5 heteroatoms. The number of nitrogens with one attached hydrogen (secondary N) is 2. The third-order valence-corrected chi connectivity index (χ3v) is 4.24. The highest BCUT2D eigenvalue weighted by molar-refractivity contribution is 6.31. The summed E-state index contributed by atoms with van der Waals surface area (Å²) in [6, 6.07) is 8.67. The molecule has 2 rings (SSSR count). The highest BCUT2D eigenvalue weighted by Crippen LogP contribution is 2.25. The van der Waals surface area contributed by atoms with Crippen LogP contribution in [0.4, 0.5) is 0 Å². The first-order chi connectivity index (χ1) is 10.7. The van der Waals surface area contributed by atoms with Gasteiger partial charge in [-0.3, -0.25) is 4.90 Å². The first-order valence-electron chi connectivity index (χ1n) is 8.24. The van der Waals surface area contributed by atoms with E-state index in [0.29, 0.717) is 6.54 Å². The van der Waals surface area contributed by atoms with Crippen molar-refractivity contribution in [2.24, 2.45) is 4.99 Å². The van der Waals surface area contributed by atoms with Gasteiger partial charge in [-0.1, -0.05) is 36.7 Å². The lowest BCUT2D eigenvalue weighted by molar-refractivity contribution is 0.282. The van der Waals surface area contributed by atoms with E-state index in [-0.39, 0.29) is 0 Å². The van der Waals surface area contributed by atoms with E-state index in [1.807, 2.05) is 24.3 Å².